The first-order valence-electron chi connectivity index (χ1n) is 5.53. The van der Waals surface area contributed by atoms with Crippen LogP contribution in [0.25, 0.3) is 0 Å². The highest BCUT2D eigenvalue weighted by molar-refractivity contribution is 7.98. The standard InChI is InChI=1S/C12H18N2OS/c1-15-10-3-4-11(12(9-10)16-2)14-7-5-13-6-8-14/h3-4,9,13H,5-8H2,1-2H3. The lowest BCUT2D eigenvalue weighted by Crippen LogP contribution is -2.43. The van der Waals surface area contributed by atoms with E-state index in [9.17, 15) is 0 Å². The quantitative estimate of drug-likeness (QED) is 0.812. The first-order valence-corrected chi connectivity index (χ1v) is 6.75. The van der Waals surface area contributed by atoms with Gasteiger partial charge in [-0.05, 0) is 24.5 Å². The molecule has 0 saturated carbocycles. The van der Waals surface area contributed by atoms with Crippen LogP contribution < -0.4 is 15.0 Å². The van der Waals surface area contributed by atoms with Gasteiger partial charge in [-0.3, -0.25) is 0 Å². The summed E-state index contributed by atoms with van der Waals surface area (Å²) in [6.45, 7) is 4.31. The molecule has 88 valence electrons. The van der Waals surface area contributed by atoms with Gasteiger partial charge in [-0.25, -0.2) is 0 Å². The van der Waals surface area contributed by atoms with E-state index in [-0.39, 0.29) is 0 Å². The molecular weight excluding hydrogens is 220 g/mol. The lowest BCUT2D eigenvalue weighted by atomic mass is 10.2. The van der Waals surface area contributed by atoms with Gasteiger partial charge in [0, 0.05) is 31.1 Å². The molecule has 1 fully saturated rings. The third-order valence-electron chi connectivity index (χ3n) is 2.84. The van der Waals surface area contributed by atoms with Gasteiger partial charge >= 0.3 is 0 Å². The number of nitrogens with one attached hydrogen (secondary N) is 1. The smallest absolute Gasteiger partial charge is 0.120 e. The molecule has 3 nitrogen and oxygen atoms in total. The Morgan fingerprint density at radius 2 is 2.06 bits per heavy atom. The maximum absolute atomic E-state index is 5.25. The lowest BCUT2D eigenvalue weighted by molar-refractivity contribution is 0.413. The molecule has 16 heavy (non-hydrogen) atoms. The van der Waals surface area contributed by atoms with Crippen LogP contribution in [0.2, 0.25) is 0 Å². The summed E-state index contributed by atoms with van der Waals surface area (Å²) in [5.74, 6) is 0.934. The van der Waals surface area contributed by atoms with E-state index in [0.717, 1.165) is 31.9 Å². The molecule has 1 saturated heterocycles. The Kier molecular flexibility index (Phi) is 3.96. The molecule has 4 heteroatoms. The topological polar surface area (TPSA) is 24.5 Å². The number of hydrogen-bond donors (Lipinski definition) is 1. The maximum atomic E-state index is 5.25. The molecule has 0 spiro atoms. The lowest BCUT2D eigenvalue weighted by Gasteiger charge is -2.31. The minimum absolute atomic E-state index is 0.934. The summed E-state index contributed by atoms with van der Waals surface area (Å²) < 4.78 is 5.25. The summed E-state index contributed by atoms with van der Waals surface area (Å²) in [5.41, 5.74) is 1.33. The molecule has 0 unspecified atom stereocenters. The molecule has 1 aromatic rings. The molecule has 2 rings (SSSR count). The summed E-state index contributed by atoms with van der Waals surface area (Å²) in [7, 11) is 1.71. The first kappa shape index (κ1) is 11.6. The van der Waals surface area contributed by atoms with Gasteiger partial charge in [0.25, 0.3) is 0 Å². The normalized spacial score (nSPS) is 16.2. The molecule has 1 aliphatic rings. The number of hydrogen-bond acceptors (Lipinski definition) is 4. The van der Waals surface area contributed by atoms with Crippen LogP contribution in [-0.2, 0) is 0 Å². The minimum atomic E-state index is 0.934. The Bertz CT molecular complexity index is 351. The zero-order valence-electron chi connectivity index (χ0n) is 9.82. The monoisotopic (exact) mass is 238 g/mol. The van der Waals surface area contributed by atoms with Crippen LogP contribution >= 0.6 is 11.8 Å². The van der Waals surface area contributed by atoms with Crippen molar-refractivity contribution in [3.8, 4) is 5.75 Å². The Balaban J connectivity index is 2.24. The first-order chi connectivity index (χ1) is 7.85. The molecule has 1 aliphatic heterocycles. The third kappa shape index (κ3) is 2.44. The van der Waals surface area contributed by atoms with Gasteiger partial charge in [0.1, 0.15) is 5.75 Å². The van der Waals surface area contributed by atoms with Gasteiger partial charge in [-0.15, -0.1) is 11.8 Å². The van der Waals surface area contributed by atoms with Crippen LogP contribution in [0, 0.1) is 0 Å². The van der Waals surface area contributed by atoms with Gasteiger partial charge < -0.3 is 15.0 Å². The van der Waals surface area contributed by atoms with Gasteiger partial charge in [0.2, 0.25) is 0 Å². The Morgan fingerprint density at radius 1 is 1.31 bits per heavy atom. The molecule has 0 bridgehead atoms. The predicted octanol–water partition coefficient (Wildman–Crippen LogP) is 1.83. The molecule has 1 heterocycles. The summed E-state index contributed by atoms with van der Waals surface area (Å²) in [6.07, 6.45) is 2.11. The van der Waals surface area contributed by atoms with Crippen molar-refractivity contribution >= 4 is 17.4 Å². The van der Waals surface area contributed by atoms with E-state index in [0.29, 0.717) is 0 Å². The Labute approximate surface area is 101 Å². The van der Waals surface area contributed by atoms with Crippen LogP contribution in [0.1, 0.15) is 0 Å². The number of piperazine rings is 1. The summed E-state index contributed by atoms with van der Waals surface area (Å²) >= 11 is 1.78. The fraction of sp³-hybridized carbons (Fsp3) is 0.500. The van der Waals surface area contributed by atoms with E-state index in [2.05, 4.69) is 28.6 Å². The van der Waals surface area contributed by atoms with Gasteiger partial charge in [0.05, 0.1) is 12.8 Å². The van der Waals surface area contributed by atoms with Crippen molar-refractivity contribution in [2.45, 2.75) is 4.90 Å². The molecule has 0 atom stereocenters. The van der Waals surface area contributed by atoms with Gasteiger partial charge in [-0.2, -0.15) is 0 Å². The molecule has 1 aromatic carbocycles. The fourth-order valence-corrected chi connectivity index (χ4v) is 2.59. The van der Waals surface area contributed by atoms with Gasteiger partial charge in [0.15, 0.2) is 0 Å². The van der Waals surface area contributed by atoms with Crippen LogP contribution in [0.15, 0.2) is 23.1 Å². The average Bonchev–Trinajstić information content (AvgIpc) is 2.39. The zero-order chi connectivity index (χ0) is 11.4. The third-order valence-corrected chi connectivity index (χ3v) is 3.61. The Morgan fingerprint density at radius 3 is 2.69 bits per heavy atom. The number of rotatable bonds is 3. The predicted molar refractivity (Wildman–Crippen MR) is 69.9 cm³/mol. The van der Waals surface area contributed by atoms with Crippen molar-refractivity contribution in [1.29, 1.82) is 0 Å². The van der Waals surface area contributed by atoms with E-state index >= 15 is 0 Å². The SMILES string of the molecule is COc1ccc(N2CCNCC2)c(SC)c1. The highest BCUT2D eigenvalue weighted by Gasteiger charge is 2.14. The molecule has 0 radical (unpaired) electrons. The van der Waals surface area contributed by atoms with E-state index in [1.54, 1.807) is 18.9 Å². The van der Waals surface area contributed by atoms with E-state index in [1.807, 2.05) is 6.07 Å². The maximum Gasteiger partial charge on any atom is 0.120 e. The number of anilines is 1. The van der Waals surface area contributed by atoms with Gasteiger partial charge in [-0.1, -0.05) is 0 Å². The number of nitrogens with zero attached hydrogens (tertiary/aromatic N) is 1. The number of ether oxygens (including phenoxy) is 1. The molecule has 1 N–H and O–H groups in total. The van der Waals surface area contributed by atoms with Crippen LogP contribution in [0.3, 0.4) is 0 Å². The molecule has 0 amide bonds. The van der Waals surface area contributed by atoms with E-state index < -0.39 is 0 Å². The van der Waals surface area contributed by atoms with Crippen LogP contribution in [0.4, 0.5) is 5.69 Å². The molecular formula is C12H18N2OS. The van der Waals surface area contributed by atoms with Crippen molar-refractivity contribution in [1.82, 2.24) is 5.32 Å². The second kappa shape index (κ2) is 5.46. The van der Waals surface area contributed by atoms with Crippen LogP contribution in [-0.4, -0.2) is 39.5 Å². The fourth-order valence-electron chi connectivity index (χ4n) is 1.95. The minimum Gasteiger partial charge on any atom is -0.497 e. The number of thioether (sulfide) groups is 1. The van der Waals surface area contributed by atoms with E-state index in [4.69, 9.17) is 4.74 Å². The van der Waals surface area contributed by atoms with E-state index in [1.165, 1.54) is 10.6 Å². The molecule has 0 aliphatic carbocycles. The second-order valence-electron chi connectivity index (χ2n) is 3.77. The van der Waals surface area contributed by atoms with Crippen LogP contribution in [0.5, 0.6) is 5.75 Å². The van der Waals surface area contributed by atoms with Crippen molar-refractivity contribution < 1.29 is 4.74 Å². The largest absolute Gasteiger partial charge is 0.497 e. The Hall–Kier alpha value is -0.870. The second-order valence-corrected chi connectivity index (χ2v) is 4.62. The average molecular weight is 238 g/mol. The highest BCUT2D eigenvalue weighted by Crippen LogP contribution is 2.32. The number of benzene rings is 1. The zero-order valence-corrected chi connectivity index (χ0v) is 10.6. The van der Waals surface area contributed by atoms with Crippen molar-refractivity contribution in [2.24, 2.45) is 0 Å². The molecule has 0 aromatic heterocycles. The summed E-state index contributed by atoms with van der Waals surface area (Å²) in [6, 6.07) is 6.31. The number of methoxy groups -OCH3 is 1. The van der Waals surface area contributed by atoms with Crippen molar-refractivity contribution in [3.05, 3.63) is 18.2 Å². The van der Waals surface area contributed by atoms with Crippen molar-refractivity contribution in [3.63, 3.8) is 0 Å². The summed E-state index contributed by atoms with van der Waals surface area (Å²) in [4.78, 5) is 3.73. The highest BCUT2D eigenvalue weighted by atomic mass is 32.2. The summed E-state index contributed by atoms with van der Waals surface area (Å²) in [5, 5.41) is 3.37. The van der Waals surface area contributed by atoms with Crippen molar-refractivity contribution in [2.75, 3.05) is 44.4 Å².